The summed E-state index contributed by atoms with van der Waals surface area (Å²) in [6, 6.07) is 0. The maximum atomic E-state index is 11.0. The van der Waals surface area contributed by atoms with Crippen LogP contribution >= 0.6 is 11.3 Å². The molecule has 0 aromatic carbocycles. The quantitative estimate of drug-likeness (QED) is 0.607. The highest BCUT2D eigenvalue weighted by molar-refractivity contribution is 7.13. The molecular weight excluding hydrogens is 250 g/mol. The zero-order chi connectivity index (χ0) is 13.0. The number of hydrogen-bond acceptors (Lipinski definition) is 6. The van der Waals surface area contributed by atoms with Crippen LogP contribution in [0.2, 0.25) is 0 Å². The Morgan fingerprint density at radius 3 is 2.72 bits per heavy atom. The van der Waals surface area contributed by atoms with Gasteiger partial charge in [0, 0.05) is 36.7 Å². The Balaban J connectivity index is 2.18. The van der Waals surface area contributed by atoms with Crippen LogP contribution in [0.5, 0.6) is 0 Å². The molecule has 0 bridgehead atoms. The first-order chi connectivity index (χ1) is 8.70. The van der Waals surface area contributed by atoms with Crippen LogP contribution in [0.3, 0.4) is 0 Å². The highest BCUT2D eigenvalue weighted by atomic mass is 32.1. The van der Waals surface area contributed by atoms with Crippen molar-refractivity contribution in [2.45, 2.75) is 19.8 Å². The van der Waals surface area contributed by atoms with Crippen LogP contribution in [0.15, 0.2) is 17.8 Å². The predicted molar refractivity (Wildman–Crippen MR) is 67.5 cm³/mol. The van der Waals surface area contributed by atoms with Gasteiger partial charge in [-0.05, 0) is 6.42 Å². The fourth-order valence-electron chi connectivity index (χ4n) is 1.38. The number of aryl methyl sites for hydroxylation is 1. The van der Waals surface area contributed by atoms with E-state index in [1.807, 2.05) is 5.38 Å². The molecule has 0 aliphatic carbocycles. The van der Waals surface area contributed by atoms with E-state index in [9.17, 15) is 9.59 Å². The van der Waals surface area contributed by atoms with Gasteiger partial charge >= 0.3 is 0 Å². The maximum Gasteiger partial charge on any atom is 0.196 e. The number of rotatable bonds is 5. The Morgan fingerprint density at radius 1 is 1.39 bits per heavy atom. The van der Waals surface area contributed by atoms with E-state index in [1.54, 1.807) is 12.4 Å². The topological polar surface area (TPSA) is 72.8 Å². The van der Waals surface area contributed by atoms with E-state index in [4.69, 9.17) is 0 Å². The monoisotopic (exact) mass is 261 g/mol. The molecule has 0 spiro atoms. The van der Waals surface area contributed by atoms with Crippen LogP contribution in [-0.2, 0) is 11.2 Å². The molecular formula is C12H11N3O2S. The third-order valence-electron chi connectivity index (χ3n) is 2.28. The minimum Gasteiger partial charge on any atom is -0.303 e. The minimum atomic E-state index is -0.160. The molecule has 0 unspecified atom stereocenters. The van der Waals surface area contributed by atoms with Crippen LogP contribution in [0.4, 0.5) is 0 Å². The Labute approximate surface area is 108 Å². The van der Waals surface area contributed by atoms with Gasteiger partial charge < -0.3 is 4.79 Å². The predicted octanol–water partition coefficient (Wildman–Crippen LogP) is 1.93. The van der Waals surface area contributed by atoms with E-state index >= 15 is 0 Å². The molecule has 0 atom stereocenters. The lowest BCUT2D eigenvalue weighted by Crippen LogP contribution is -2.00. The summed E-state index contributed by atoms with van der Waals surface area (Å²) in [5, 5.41) is 2.71. The average Bonchev–Trinajstić information content (AvgIpc) is 2.85. The second-order valence-corrected chi connectivity index (χ2v) is 4.56. The van der Waals surface area contributed by atoms with Crippen LogP contribution in [0, 0.1) is 0 Å². The average molecular weight is 261 g/mol. The van der Waals surface area contributed by atoms with Crippen molar-refractivity contribution in [3.05, 3.63) is 29.3 Å². The lowest BCUT2D eigenvalue weighted by atomic mass is 10.3. The number of Topliss-reactive ketones (excluding diaryl/α,β-unsaturated/α-hetero) is 1. The van der Waals surface area contributed by atoms with Gasteiger partial charge in [0.15, 0.2) is 11.6 Å². The fourth-order valence-corrected chi connectivity index (χ4v) is 2.21. The van der Waals surface area contributed by atoms with E-state index in [-0.39, 0.29) is 11.6 Å². The lowest BCUT2D eigenvalue weighted by Gasteiger charge is -1.96. The molecule has 0 aliphatic heterocycles. The van der Waals surface area contributed by atoms with Crippen molar-refractivity contribution in [2.75, 3.05) is 0 Å². The van der Waals surface area contributed by atoms with E-state index in [2.05, 4.69) is 15.0 Å². The molecule has 0 fully saturated rings. The second kappa shape index (κ2) is 5.59. The summed E-state index contributed by atoms with van der Waals surface area (Å²) >= 11 is 1.48. The summed E-state index contributed by atoms with van der Waals surface area (Å²) in [4.78, 5) is 33.7. The molecule has 2 aromatic heterocycles. The van der Waals surface area contributed by atoms with Crippen LogP contribution < -0.4 is 0 Å². The van der Waals surface area contributed by atoms with E-state index in [0.29, 0.717) is 12.8 Å². The van der Waals surface area contributed by atoms with Crippen LogP contribution in [0.25, 0.3) is 10.6 Å². The molecule has 0 saturated carbocycles. The second-order valence-electron chi connectivity index (χ2n) is 3.70. The SMILES string of the molecule is CC(=O)c1ncc(-c2nc(CCC=O)cs2)cn1. The first-order valence-corrected chi connectivity index (χ1v) is 6.30. The molecule has 0 saturated heterocycles. The molecule has 0 radical (unpaired) electrons. The highest BCUT2D eigenvalue weighted by Gasteiger charge is 2.07. The Kier molecular flexibility index (Phi) is 3.88. The number of carbonyl (C=O) groups is 2. The number of carbonyl (C=O) groups excluding carboxylic acids is 2. The first-order valence-electron chi connectivity index (χ1n) is 5.42. The number of aromatic nitrogens is 3. The third kappa shape index (κ3) is 2.84. The Hall–Kier alpha value is -1.95. The number of nitrogens with zero attached hydrogens (tertiary/aromatic N) is 3. The van der Waals surface area contributed by atoms with Gasteiger partial charge in [-0.1, -0.05) is 0 Å². The molecule has 2 rings (SSSR count). The van der Waals surface area contributed by atoms with Gasteiger partial charge in [-0.25, -0.2) is 15.0 Å². The molecule has 6 heteroatoms. The van der Waals surface area contributed by atoms with Gasteiger partial charge in [-0.2, -0.15) is 0 Å². The molecule has 2 heterocycles. The fraction of sp³-hybridized carbons (Fsp3) is 0.250. The summed E-state index contributed by atoms with van der Waals surface area (Å²) in [7, 11) is 0. The molecule has 5 nitrogen and oxygen atoms in total. The Bertz CT molecular complexity index is 563. The summed E-state index contributed by atoms with van der Waals surface area (Å²) < 4.78 is 0. The van der Waals surface area contributed by atoms with E-state index < -0.39 is 0 Å². The molecule has 92 valence electrons. The lowest BCUT2D eigenvalue weighted by molar-refractivity contribution is -0.107. The molecule has 0 N–H and O–H groups in total. The molecule has 0 amide bonds. The van der Waals surface area contributed by atoms with Crippen molar-refractivity contribution in [1.82, 2.24) is 15.0 Å². The van der Waals surface area contributed by atoms with Gasteiger partial charge in [0.2, 0.25) is 0 Å². The zero-order valence-electron chi connectivity index (χ0n) is 9.79. The van der Waals surface area contributed by atoms with Gasteiger partial charge in [-0.15, -0.1) is 11.3 Å². The van der Waals surface area contributed by atoms with Crippen molar-refractivity contribution < 1.29 is 9.59 Å². The van der Waals surface area contributed by atoms with E-state index in [0.717, 1.165) is 22.6 Å². The zero-order valence-corrected chi connectivity index (χ0v) is 10.6. The van der Waals surface area contributed by atoms with Crippen molar-refractivity contribution in [1.29, 1.82) is 0 Å². The van der Waals surface area contributed by atoms with Gasteiger partial charge in [-0.3, -0.25) is 4.79 Å². The number of hydrogen-bond donors (Lipinski definition) is 0. The summed E-state index contributed by atoms with van der Waals surface area (Å²) in [5.74, 6) is 0.0452. The van der Waals surface area contributed by atoms with Gasteiger partial charge in [0.05, 0.1) is 5.69 Å². The number of thiazole rings is 1. The van der Waals surface area contributed by atoms with Gasteiger partial charge in [0.25, 0.3) is 0 Å². The summed E-state index contributed by atoms with van der Waals surface area (Å²) in [6.07, 6.45) is 5.18. The summed E-state index contributed by atoms with van der Waals surface area (Å²) in [6.45, 7) is 1.43. The van der Waals surface area contributed by atoms with Crippen molar-refractivity contribution in [2.24, 2.45) is 0 Å². The Morgan fingerprint density at radius 2 is 2.11 bits per heavy atom. The van der Waals surface area contributed by atoms with Gasteiger partial charge in [0.1, 0.15) is 11.3 Å². The van der Waals surface area contributed by atoms with Crippen molar-refractivity contribution in [3.8, 4) is 10.6 Å². The third-order valence-corrected chi connectivity index (χ3v) is 3.22. The minimum absolute atomic E-state index is 0.160. The number of ketones is 1. The highest BCUT2D eigenvalue weighted by Crippen LogP contribution is 2.22. The van der Waals surface area contributed by atoms with E-state index in [1.165, 1.54) is 18.3 Å². The smallest absolute Gasteiger partial charge is 0.196 e. The normalized spacial score (nSPS) is 10.3. The number of aldehydes is 1. The molecule has 18 heavy (non-hydrogen) atoms. The molecule has 0 aliphatic rings. The van der Waals surface area contributed by atoms with Crippen LogP contribution in [0.1, 0.15) is 29.7 Å². The standard InChI is InChI=1S/C12H11N3O2S/c1-8(17)11-13-5-9(6-14-11)12-15-10(7-18-12)3-2-4-16/h4-7H,2-3H2,1H3. The van der Waals surface area contributed by atoms with Crippen LogP contribution in [-0.4, -0.2) is 27.0 Å². The maximum absolute atomic E-state index is 11.0. The molecule has 2 aromatic rings. The first kappa shape index (κ1) is 12.5. The summed E-state index contributed by atoms with van der Waals surface area (Å²) in [5.41, 5.74) is 1.67. The largest absolute Gasteiger partial charge is 0.303 e. The van der Waals surface area contributed by atoms with Crippen molar-refractivity contribution >= 4 is 23.4 Å². The van der Waals surface area contributed by atoms with Crippen molar-refractivity contribution in [3.63, 3.8) is 0 Å².